The number of hydrogen-bond acceptors (Lipinski definition) is 2. The van der Waals surface area contributed by atoms with Crippen molar-refractivity contribution in [2.45, 2.75) is 41.5 Å². The van der Waals surface area contributed by atoms with E-state index < -0.39 is 11.0 Å². The molecule has 0 fully saturated rings. The molecule has 0 bridgehead atoms. The van der Waals surface area contributed by atoms with E-state index in [1.54, 1.807) is 6.08 Å². The summed E-state index contributed by atoms with van der Waals surface area (Å²) in [6, 6.07) is 0. The molecule has 3 nitrogen and oxygen atoms in total. The fourth-order valence-corrected chi connectivity index (χ4v) is 1.18. The fourth-order valence-electron chi connectivity index (χ4n) is 0.709. The fraction of sp³-hybridized carbons (Fsp3) is 0.538. The predicted octanol–water partition coefficient (Wildman–Crippen LogP) is 3.84. The van der Waals surface area contributed by atoms with Crippen molar-refractivity contribution >= 4 is 11.0 Å². The van der Waals surface area contributed by atoms with Gasteiger partial charge in [-0.1, -0.05) is 39.8 Å². The molecule has 0 spiro atoms. The Morgan fingerprint density at radius 3 is 1.88 bits per heavy atom. The van der Waals surface area contributed by atoms with Crippen molar-refractivity contribution in [2.75, 3.05) is 6.26 Å². The Balaban J connectivity index is -0.000000439. The standard InChI is InChI=1S/C9H15NO2S.2C2H6/c1-5-9(11)8(6-7(2)3)10-13(4)12;2*1-2/h5-6,10-11H,1H2,2-4H3;2*1-2H3/b9-8-;;. The summed E-state index contributed by atoms with van der Waals surface area (Å²) in [5.74, 6) is -0.00333. The molecule has 0 aromatic carbocycles. The zero-order chi connectivity index (χ0) is 14.4. The Labute approximate surface area is 109 Å². The first kappa shape index (κ1) is 21.3. The van der Waals surface area contributed by atoms with Gasteiger partial charge < -0.3 is 9.83 Å². The van der Waals surface area contributed by atoms with E-state index in [1.165, 1.54) is 12.3 Å². The minimum absolute atomic E-state index is 0.00333. The minimum atomic E-state index is -1.19. The average Bonchev–Trinajstić information content (AvgIpc) is 2.31. The van der Waals surface area contributed by atoms with Crippen LogP contribution in [0, 0.1) is 0 Å². The number of nitrogens with one attached hydrogen (secondary N) is 1. The summed E-state index contributed by atoms with van der Waals surface area (Å²) in [7, 11) is -1.19. The van der Waals surface area contributed by atoms with Crippen molar-refractivity contribution in [3.8, 4) is 0 Å². The van der Waals surface area contributed by atoms with Crippen LogP contribution in [0.4, 0.5) is 0 Å². The topological polar surface area (TPSA) is 49.3 Å². The molecule has 0 radical (unpaired) electrons. The third kappa shape index (κ3) is 15.0. The number of rotatable bonds is 4. The molecule has 0 aliphatic carbocycles. The summed E-state index contributed by atoms with van der Waals surface area (Å²) >= 11 is 0. The van der Waals surface area contributed by atoms with Crippen LogP contribution in [-0.4, -0.2) is 15.6 Å². The Hall–Kier alpha value is -1.03. The van der Waals surface area contributed by atoms with Crippen LogP contribution in [0.5, 0.6) is 0 Å². The van der Waals surface area contributed by atoms with Gasteiger partial charge in [-0.2, -0.15) is 0 Å². The maximum absolute atomic E-state index is 10.8. The van der Waals surface area contributed by atoms with E-state index >= 15 is 0 Å². The summed E-state index contributed by atoms with van der Waals surface area (Å²) in [5, 5.41) is 9.34. The van der Waals surface area contributed by atoms with Crippen LogP contribution >= 0.6 is 0 Å². The van der Waals surface area contributed by atoms with E-state index in [2.05, 4.69) is 11.3 Å². The highest BCUT2D eigenvalue weighted by atomic mass is 32.2. The van der Waals surface area contributed by atoms with Gasteiger partial charge in [0.1, 0.15) is 16.7 Å². The lowest BCUT2D eigenvalue weighted by molar-refractivity contribution is 0.425. The molecular weight excluding hydrogens is 234 g/mol. The van der Waals surface area contributed by atoms with Gasteiger partial charge in [0.15, 0.2) is 0 Å². The summed E-state index contributed by atoms with van der Waals surface area (Å²) in [6.45, 7) is 15.2. The van der Waals surface area contributed by atoms with Crippen LogP contribution in [-0.2, 0) is 11.0 Å². The largest absolute Gasteiger partial charge is 0.506 e. The van der Waals surface area contributed by atoms with Crippen molar-refractivity contribution in [2.24, 2.45) is 0 Å². The Kier molecular flexibility index (Phi) is 18.7. The van der Waals surface area contributed by atoms with Crippen LogP contribution in [0.25, 0.3) is 0 Å². The van der Waals surface area contributed by atoms with Gasteiger partial charge in [0.05, 0.1) is 5.70 Å². The number of aliphatic hydroxyl groups excluding tert-OH is 1. The second-order valence-corrected chi connectivity index (χ2v) is 3.89. The van der Waals surface area contributed by atoms with E-state index in [0.717, 1.165) is 5.57 Å². The van der Waals surface area contributed by atoms with E-state index in [0.29, 0.717) is 5.70 Å². The van der Waals surface area contributed by atoms with E-state index in [-0.39, 0.29) is 5.76 Å². The smallest absolute Gasteiger partial charge is 0.138 e. The summed E-state index contributed by atoms with van der Waals surface area (Å²) in [6.07, 6.45) is 4.50. The van der Waals surface area contributed by atoms with Gasteiger partial charge in [0.25, 0.3) is 0 Å². The molecule has 17 heavy (non-hydrogen) atoms. The van der Waals surface area contributed by atoms with E-state index in [1.807, 2.05) is 41.5 Å². The number of allylic oxidation sites excluding steroid dienone is 3. The SMILES string of the molecule is C=C/C(O)=C(\C=C(C)C)NS(C)=O.CC.CC. The van der Waals surface area contributed by atoms with Crippen molar-refractivity contribution in [3.05, 3.63) is 35.8 Å². The van der Waals surface area contributed by atoms with Gasteiger partial charge in [-0.05, 0) is 26.0 Å². The van der Waals surface area contributed by atoms with Crippen molar-refractivity contribution in [3.63, 3.8) is 0 Å². The van der Waals surface area contributed by atoms with E-state index in [9.17, 15) is 9.32 Å². The third-order valence-corrected chi connectivity index (χ3v) is 1.66. The summed E-state index contributed by atoms with van der Waals surface area (Å²) < 4.78 is 13.5. The molecule has 0 saturated carbocycles. The maximum Gasteiger partial charge on any atom is 0.138 e. The molecule has 0 amide bonds. The second kappa shape index (κ2) is 15.0. The monoisotopic (exact) mass is 261 g/mol. The average molecular weight is 261 g/mol. The zero-order valence-electron chi connectivity index (χ0n) is 12.1. The molecule has 2 N–H and O–H groups in total. The van der Waals surface area contributed by atoms with Crippen LogP contribution in [0.2, 0.25) is 0 Å². The molecule has 0 rings (SSSR count). The molecule has 0 aliphatic heterocycles. The third-order valence-electron chi connectivity index (χ3n) is 1.16. The van der Waals surface area contributed by atoms with Gasteiger partial charge >= 0.3 is 0 Å². The lowest BCUT2D eigenvalue weighted by Gasteiger charge is -2.05. The predicted molar refractivity (Wildman–Crippen MR) is 79.2 cm³/mol. The first-order chi connectivity index (χ1) is 7.97. The first-order valence-electron chi connectivity index (χ1n) is 5.78. The van der Waals surface area contributed by atoms with Crippen LogP contribution < -0.4 is 4.72 Å². The molecule has 0 aliphatic rings. The maximum atomic E-state index is 10.8. The molecule has 0 saturated heterocycles. The van der Waals surface area contributed by atoms with Crippen molar-refractivity contribution < 1.29 is 9.32 Å². The minimum Gasteiger partial charge on any atom is -0.506 e. The normalized spacial score (nSPS) is 11.5. The van der Waals surface area contributed by atoms with Gasteiger partial charge in [0, 0.05) is 6.26 Å². The van der Waals surface area contributed by atoms with Crippen LogP contribution in [0.1, 0.15) is 41.5 Å². The first-order valence-corrected chi connectivity index (χ1v) is 7.33. The summed E-state index contributed by atoms with van der Waals surface area (Å²) in [4.78, 5) is 0. The molecule has 1 unspecified atom stereocenters. The zero-order valence-corrected chi connectivity index (χ0v) is 12.9. The van der Waals surface area contributed by atoms with Gasteiger partial charge in [-0.25, -0.2) is 4.21 Å². The Morgan fingerprint density at radius 1 is 1.24 bits per heavy atom. The molecular formula is C13H27NO2S. The van der Waals surface area contributed by atoms with Crippen molar-refractivity contribution in [1.82, 2.24) is 4.72 Å². The summed E-state index contributed by atoms with van der Waals surface area (Å²) in [5.41, 5.74) is 1.43. The molecule has 0 heterocycles. The molecule has 102 valence electrons. The van der Waals surface area contributed by atoms with Crippen LogP contribution in [0.3, 0.4) is 0 Å². The van der Waals surface area contributed by atoms with Crippen molar-refractivity contribution in [1.29, 1.82) is 0 Å². The van der Waals surface area contributed by atoms with E-state index in [4.69, 9.17) is 0 Å². The van der Waals surface area contributed by atoms with Gasteiger partial charge in [0.2, 0.25) is 0 Å². The Morgan fingerprint density at radius 2 is 1.65 bits per heavy atom. The molecule has 0 aromatic heterocycles. The number of hydrogen-bond donors (Lipinski definition) is 2. The molecule has 4 heteroatoms. The Bertz CT molecular complexity index is 277. The van der Waals surface area contributed by atoms with Gasteiger partial charge in [-0.3, -0.25) is 0 Å². The quantitative estimate of drug-likeness (QED) is 0.596. The number of aliphatic hydroxyl groups is 1. The highest BCUT2D eigenvalue weighted by molar-refractivity contribution is 7.82. The lowest BCUT2D eigenvalue weighted by atomic mass is 10.2. The second-order valence-electron chi connectivity index (χ2n) is 2.78. The molecule has 0 aromatic rings. The van der Waals surface area contributed by atoms with Gasteiger partial charge in [-0.15, -0.1) is 0 Å². The van der Waals surface area contributed by atoms with Crippen LogP contribution in [0.15, 0.2) is 35.8 Å². The highest BCUT2D eigenvalue weighted by Crippen LogP contribution is 2.04. The molecule has 1 atom stereocenters. The highest BCUT2D eigenvalue weighted by Gasteiger charge is 2.00. The lowest BCUT2D eigenvalue weighted by Crippen LogP contribution is -2.15.